The van der Waals surface area contributed by atoms with Crippen LogP contribution in [0.5, 0.6) is 0 Å². The van der Waals surface area contributed by atoms with Crippen LogP contribution in [0, 0.1) is 5.82 Å². The third-order valence-electron chi connectivity index (χ3n) is 4.20. The van der Waals surface area contributed by atoms with E-state index >= 15 is 0 Å². The molecule has 0 aliphatic carbocycles. The number of anilines is 2. The fraction of sp³-hybridized carbons (Fsp3) is 0.278. The number of halogens is 2. The van der Waals surface area contributed by atoms with Gasteiger partial charge in [-0.25, -0.2) is 9.18 Å². The molecular weight excluding hydrogens is 331 g/mol. The van der Waals surface area contributed by atoms with Crippen molar-refractivity contribution >= 4 is 28.9 Å². The molecule has 1 heterocycles. The maximum absolute atomic E-state index is 14.1. The number of carbonyl (C=O) groups is 1. The molecular formula is C18H18ClFN2O2. The smallest absolute Gasteiger partial charge is 0.340 e. The molecule has 4 nitrogen and oxygen atoms in total. The van der Waals surface area contributed by atoms with Crippen LogP contribution in [0.1, 0.15) is 10.4 Å². The van der Waals surface area contributed by atoms with Gasteiger partial charge in [-0.05, 0) is 30.3 Å². The summed E-state index contributed by atoms with van der Waals surface area (Å²) in [4.78, 5) is 15.8. The highest BCUT2D eigenvalue weighted by Crippen LogP contribution is 2.27. The van der Waals surface area contributed by atoms with Crippen LogP contribution in [-0.2, 0) is 4.74 Å². The molecule has 2 aromatic carbocycles. The van der Waals surface area contributed by atoms with Crippen LogP contribution < -0.4 is 9.80 Å². The zero-order chi connectivity index (χ0) is 17.1. The first-order valence-corrected chi connectivity index (χ1v) is 8.10. The number of carbonyl (C=O) groups excluding carboxylic acids is 1. The fourth-order valence-corrected chi connectivity index (χ4v) is 3.15. The van der Waals surface area contributed by atoms with Crippen molar-refractivity contribution < 1.29 is 13.9 Å². The monoisotopic (exact) mass is 348 g/mol. The Kier molecular flexibility index (Phi) is 4.90. The summed E-state index contributed by atoms with van der Waals surface area (Å²) in [5.74, 6) is -1.23. The summed E-state index contributed by atoms with van der Waals surface area (Å²) in [6.45, 7) is 3.10. The lowest BCUT2D eigenvalue weighted by Gasteiger charge is -2.37. The number of nitrogens with zero attached hydrogens (tertiary/aromatic N) is 2. The zero-order valence-electron chi connectivity index (χ0n) is 13.3. The van der Waals surface area contributed by atoms with Gasteiger partial charge < -0.3 is 14.5 Å². The van der Waals surface area contributed by atoms with Gasteiger partial charge in [0.25, 0.3) is 0 Å². The number of benzene rings is 2. The summed E-state index contributed by atoms with van der Waals surface area (Å²) in [5.41, 5.74) is 1.74. The summed E-state index contributed by atoms with van der Waals surface area (Å²) < 4.78 is 18.6. The number of ether oxygens (including phenoxy) is 1. The van der Waals surface area contributed by atoms with Crippen LogP contribution in [-0.4, -0.2) is 39.3 Å². The molecule has 0 amide bonds. The second-order valence-corrected chi connectivity index (χ2v) is 5.99. The van der Waals surface area contributed by atoms with Crippen molar-refractivity contribution in [1.29, 1.82) is 0 Å². The van der Waals surface area contributed by atoms with E-state index in [1.807, 2.05) is 24.3 Å². The number of methoxy groups -OCH3 is 1. The quantitative estimate of drug-likeness (QED) is 0.794. The summed E-state index contributed by atoms with van der Waals surface area (Å²) in [6.07, 6.45) is 0. The number of rotatable bonds is 3. The molecule has 1 aliphatic rings. The van der Waals surface area contributed by atoms with E-state index in [2.05, 4.69) is 14.5 Å². The Morgan fingerprint density at radius 1 is 1.08 bits per heavy atom. The molecule has 2 aromatic rings. The molecule has 0 atom stereocenters. The van der Waals surface area contributed by atoms with Gasteiger partial charge >= 0.3 is 5.97 Å². The van der Waals surface area contributed by atoms with E-state index in [1.54, 1.807) is 6.07 Å². The Morgan fingerprint density at radius 2 is 1.75 bits per heavy atom. The summed E-state index contributed by atoms with van der Waals surface area (Å²) in [5, 5.41) is 0.736. The summed E-state index contributed by atoms with van der Waals surface area (Å²) in [7, 11) is 1.24. The lowest BCUT2D eigenvalue weighted by Crippen LogP contribution is -2.46. The largest absolute Gasteiger partial charge is 0.465 e. The molecule has 0 N–H and O–H groups in total. The molecule has 0 bridgehead atoms. The Balaban J connectivity index is 1.70. The number of piperazine rings is 1. The van der Waals surface area contributed by atoms with Crippen molar-refractivity contribution in [2.75, 3.05) is 43.1 Å². The Bertz CT molecular complexity index is 746. The average molecular weight is 349 g/mol. The molecule has 0 spiro atoms. The Morgan fingerprint density at radius 3 is 2.38 bits per heavy atom. The first-order valence-electron chi connectivity index (χ1n) is 7.72. The lowest BCUT2D eigenvalue weighted by molar-refractivity contribution is 0.0595. The van der Waals surface area contributed by atoms with E-state index < -0.39 is 11.8 Å². The SMILES string of the molecule is COC(=O)c1ccc(N2CCN(c3ccccc3Cl)CC2)cc1F. The van der Waals surface area contributed by atoms with E-state index in [0.29, 0.717) is 0 Å². The molecule has 0 aromatic heterocycles. The highest BCUT2D eigenvalue weighted by Gasteiger charge is 2.20. The van der Waals surface area contributed by atoms with Crippen molar-refractivity contribution in [3.05, 3.63) is 58.9 Å². The van der Waals surface area contributed by atoms with Crippen LogP contribution in [0.15, 0.2) is 42.5 Å². The van der Waals surface area contributed by atoms with Gasteiger partial charge in [-0.2, -0.15) is 0 Å². The van der Waals surface area contributed by atoms with Crippen molar-refractivity contribution in [3.8, 4) is 0 Å². The van der Waals surface area contributed by atoms with Gasteiger partial charge in [0.05, 0.1) is 23.4 Å². The van der Waals surface area contributed by atoms with Gasteiger partial charge in [-0.3, -0.25) is 0 Å². The van der Waals surface area contributed by atoms with Crippen LogP contribution >= 0.6 is 11.6 Å². The van der Waals surface area contributed by atoms with Crippen molar-refractivity contribution in [2.45, 2.75) is 0 Å². The summed E-state index contributed by atoms with van der Waals surface area (Å²) in [6, 6.07) is 12.4. The maximum atomic E-state index is 14.1. The number of hydrogen-bond donors (Lipinski definition) is 0. The van der Waals surface area contributed by atoms with E-state index in [9.17, 15) is 9.18 Å². The van der Waals surface area contributed by atoms with Crippen molar-refractivity contribution in [1.82, 2.24) is 0 Å². The minimum Gasteiger partial charge on any atom is -0.465 e. The first-order chi connectivity index (χ1) is 11.6. The molecule has 3 rings (SSSR count). The molecule has 0 saturated carbocycles. The third-order valence-corrected chi connectivity index (χ3v) is 4.52. The van der Waals surface area contributed by atoms with E-state index in [1.165, 1.54) is 19.2 Å². The number of para-hydroxylation sites is 1. The van der Waals surface area contributed by atoms with E-state index in [-0.39, 0.29) is 5.56 Å². The molecule has 6 heteroatoms. The predicted molar refractivity (Wildman–Crippen MR) is 93.6 cm³/mol. The van der Waals surface area contributed by atoms with Gasteiger partial charge in [0.15, 0.2) is 0 Å². The van der Waals surface area contributed by atoms with Crippen LogP contribution in [0.25, 0.3) is 0 Å². The highest BCUT2D eigenvalue weighted by atomic mass is 35.5. The van der Waals surface area contributed by atoms with E-state index in [0.717, 1.165) is 42.6 Å². The van der Waals surface area contributed by atoms with Gasteiger partial charge in [0, 0.05) is 31.9 Å². The van der Waals surface area contributed by atoms with Crippen molar-refractivity contribution in [2.24, 2.45) is 0 Å². The van der Waals surface area contributed by atoms with E-state index in [4.69, 9.17) is 11.6 Å². The Hall–Kier alpha value is -2.27. The first kappa shape index (κ1) is 16.6. The van der Waals surface area contributed by atoms with Crippen LogP contribution in [0.3, 0.4) is 0 Å². The predicted octanol–water partition coefficient (Wildman–Crippen LogP) is 3.59. The lowest BCUT2D eigenvalue weighted by atomic mass is 10.1. The molecule has 126 valence electrons. The molecule has 1 aliphatic heterocycles. The van der Waals surface area contributed by atoms with Gasteiger partial charge in [-0.1, -0.05) is 23.7 Å². The molecule has 1 fully saturated rings. The normalized spacial score (nSPS) is 14.6. The maximum Gasteiger partial charge on any atom is 0.340 e. The van der Waals surface area contributed by atoms with Gasteiger partial charge in [0.2, 0.25) is 0 Å². The number of hydrogen-bond acceptors (Lipinski definition) is 4. The second-order valence-electron chi connectivity index (χ2n) is 5.58. The zero-order valence-corrected chi connectivity index (χ0v) is 14.1. The third kappa shape index (κ3) is 3.31. The van der Waals surface area contributed by atoms with Gasteiger partial charge in [-0.15, -0.1) is 0 Å². The van der Waals surface area contributed by atoms with Crippen LogP contribution in [0.2, 0.25) is 5.02 Å². The molecule has 0 unspecified atom stereocenters. The minimum atomic E-state index is -0.664. The van der Waals surface area contributed by atoms with Crippen LogP contribution in [0.4, 0.5) is 15.8 Å². The average Bonchev–Trinajstić information content (AvgIpc) is 2.61. The Labute approximate surface area is 145 Å². The minimum absolute atomic E-state index is 0.0454. The summed E-state index contributed by atoms with van der Waals surface area (Å²) >= 11 is 6.24. The molecule has 24 heavy (non-hydrogen) atoms. The topological polar surface area (TPSA) is 32.8 Å². The van der Waals surface area contributed by atoms with Gasteiger partial charge in [0.1, 0.15) is 5.82 Å². The number of esters is 1. The van der Waals surface area contributed by atoms with Crippen molar-refractivity contribution in [3.63, 3.8) is 0 Å². The standard InChI is InChI=1S/C18H18ClFN2O2/c1-24-18(23)14-7-6-13(12-16(14)20)21-8-10-22(11-9-21)17-5-3-2-4-15(17)19/h2-7,12H,8-11H2,1H3. The fourth-order valence-electron chi connectivity index (χ4n) is 2.89. The molecule has 0 radical (unpaired) electrons. The second kappa shape index (κ2) is 7.09. The molecule has 1 saturated heterocycles. The highest BCUT2D eigenvalue weighted by molar-refractivity contribution is 6.33.